The maximum Gasteiger partial charge on any atom is 0.139 e. The lowest BCUT2D eigenvalue weighted by molar-refractivity contribution is 0.816. The van der Waals surface area contributed by atoms with E-state index in [0.29, 0.717) is 11.9 Å². The van der Waals surface area contributed by atoms with Gasteiger partial charge in [0.1, 0.15) is 10.8 Å². The summed E-state index contributed by atoms with van der Waals surface area (Å²) in [7, 11) is 0. The highest BCUT2D eigenvalue weighted by Crippen LogP contribution is 2.24. The average Bonchev–Trinajstić information content (AvgIpc) is 2.63. The number of nitrogens with two attached hydrogens (primary N) is 1. The van der Waals surface area contributed by atoms with Crippen LogP contribution in [0.4, 0.5) is 10.8 Å². The lowest BCUT2D eigenvalue weighted by atomic mass is 10.3. The molecule has 1 aliphatic heterocycles. The van der Waals surface area contributed by atoms with Gasteiger partial charge < -0.3 is 11.1 Å². The van der Waals surface area contributed by atoms with Crippen molar-refractivity contribution in [2.24, 2.45) is 0 Å². The van der Waals surface area contributed by atoms with Gasteiger partial charge >= 0.3 is 0 Å². The Balaban J connectivity index is 1.94. The molecule has 1 atom stereocenters. The molecule has 0 bridgehead atoms. The number of thioether (sulfide) groups is 1. The number of nitrogens with one attached hydrogen (secondary N) is 1. The molecule has 3 N–H and O–H groups in total. The Morgan fingerprint density at radius 2 is 2.58 bits per heavy atom. The van der Waals surface area contributed by atoms with Gasteiger partial charge in [-0.2, -0.15) is 16.1 Å². The molecule has 1 saturated heterocycles. The Labute approximate surface area is 79.9 Å². The van der Waals surface area contributed by atoms with Gasteiger partial charge in [0.15, 0.2) is 0 Å². The summed E-state index contributed by atoms with van der Waals surface area (Å²) < 4.78 is 4.01. The fraction of sp³-hybridized carbons (Fsp3) is 0.571. The minimum atomic E-state index is 0.619. The van der Waals surface area contributed by atoms with Crippen LogP contribution in [0.2, 0.25) is 0 Å². The number of hydrogen-bond acceptors (Lipinski definition) is 5. The molecule has 5 heteroatoms. The molecule has 0 aromatic carbocycles. The highest BCUT2D eigenvalue weighted by molar-refractivity contribution is 7.99. The standard InChI is InChI=1S/C7H11N3S2/c8-6-3-7(12-10-6)9-5-1-2-11-4-5/h3,5,9H,1-2,4H2,(H2,8,10). The Kier molecular flexibility index (Phi) is 2.41. The second-order valence-corrected chi connectivity index (χ2v) is 4.78. The Hall–Kier alpha value is -0.420. The molecule has 2 heterocycles. The van der Waals surface area contributed by atoms with Crippen molar-refractivity contribution in [1.82, 2.24) is 4.37 Å². The van der Waals surface area contributed by atoms with E-state index in [9.17, 15) is 0 Å². The van der Waals surface area contributed by atoms with Gasteiger partial charge in [-0.1, -0.05) is 0 Å². The van der Waals surface area contributed by atoms with Gasteiger partial charge in [0.05, 0.1) is 0 Å². The third kappa shape index (κ3) is 1.84. The first kappa shape index (κ1) is 8.19. The van der Waals surface area contributed by atoms with Crippen molar-refractivity contribution in [1.29, 1.82) is 0 Å². The Morgan fingerprint density at radius 1 is 1.67 bits per heavy atom. The fourth-order valence-electron chi connectivity index (χ4n) is 1.21. The monoisotopic (exact) mass is 201 g/mol. The third-order valence-corrected chi connectivity index (χ3v) is 3.70. The molecular formula is C7H11N3S2. The van der Waals surface area contributed by atoms with Gasteiger partial charge in [-0.25, -0.2) is 0 Å². The minimum Gasteiger partial charge on any atom is -0.383 e. The van der Waals surface area contributed by atoms with E-state index >= 15 is 0 Å². The van der Waals surface area contributed by atoms with E-state index in [0.717, 1.165) is 5.00 Å². The summed E-state index contributed by atoms with van der Waals surface area (Å²) in [5.74, 6) is 3.09. The highest BCUT2D eigenvalue weighted by atomic mass is 32.2. The van der Waals surface area contributed by atoms with Crippen LogP contribution in [0.15, 0.2) is 6.07 Å². The first-order valence-corrected chi connectivity index (χ1v) is 5.84. The van der Waals surface area contributed by atoms with Crippen LogP contribution in [0.1, 0.15) is 6.42 Å². The number of nitrogens with zero attached hydrogens (tertiary/aromatic N) is 1. The molecule has 66 valence electrons. The summed E-state index contributed by atoms with van der Waals surface area (Å²) in [4.78, 5) is 0. The van der Waals surface area contributed by atoms with E-state index in [4.69, 9.17) is 5.73 Å². The molecular weight excluding hydrogens is 190 g/mol. The first-order chi connectivity index (χ1) is 5.84. The largest absolute Gasteiger partial charge is 0.383 e. The van der Waals surface area contributed by atoms with E-state index < -0.39 is 0 Å². The van der Waals surface area contributed by atoms with Gasteiger partial charge in [-0.3, -0.25) is 0 Å². The maximum absolute atomic E-state index is 5.51. The van der Waals surface area contributed by atoms with Crippen LogP contribution >= 0.6 is 23.3 Å². The van der Waals surface area contributed by atoms with Crippen molar-refractivity contribution >= 4 is 34.1 Å². The molecule has 1 aromatic rings. The predicted octanol–water partition coefficient (Wildman–Crippen LogP) is 1.64. The van der Waals surface area contributed by atoms with Crippen LogP contribution in [-0.2, 0) is 0 Å². The molecule has 1 aromatic heterocycles. The second kappa shape index (κ2) is 3.53. The van der Waals surface area contributed by atoms with Crippen molar-refractivity contribution < 1.29 is 0 Å². The molecule has 1 unspecified atom stereocenters. The molecule has 0 saturated carbocycles. The first-order valence-electron chi connectivity index (χ1n) is 3.91. The van der Waals surface area contributed by atoms with Crippen molar-refractivity contribution in [2.45, 2.75) is 12.5 Å². The molecule has 1 aliphatic rings. The average molecular weight is 201 g/mol. The van der Waals surface area contributed by atoms with Crippen LogP contribution < -0.4 is 11.1 Å². The van der Waals surface area contributed by atoms with Crippen LogP contribution in [0.5, 0.6) is 0 Å². The molecule has 0 aliphatic carbocycles. The number of hydrogen-bond donors (Lipinski definition) is 2. The molecule has 1 fully saturated rings. The zero-order chi connectivity index (χ0) is 8.39. The summed E-state index contributed by atoms with van der Waals surface area (Å²) in [6, 6.07) is 2.52. The van der Waals surface area contributed by atoms with Gasteiger partial charge in [0.25, 0.3) is 0 Å². The van der Waals surface area contributed by atoms with Crippen LogP contribution in [0, 0.1) is 0 Å². The molecule has 0 amide bonds. The summed E-state index contributed by atoms with van der Waals surface area (Å²) in [6.07, 6.45) is 1.25. The van der Waals surface area contributed by atoms with E-state index in [1.165, 1.54) is 29.5 Å². The van der Waals surface area contributed by atoms with E-state index in [1.807, 2.05) is 17.8 Å². The number of rotatable bonds is 2. The lowest BCUT2D eigenvalue weighted by Gasteiger charge is -2.08. The maximum atomic E-state index is 5.51. The normalized spacial score (nSPS) is 22.8. The van der Waals surface area contributed by atoms with Crippen molar-refractivity contribution in [2.75, 3.05) is 22.6 Å². The van der Waals surface area contributed by atoms with Gasteiger partial charge in [0, 0.05) is 17.9 Å². The zero-order valence-electron chi connectivity index (χ0n) is 6.62. The number of nitrogen functional groups attached to an aromatic ring is 1. The van der Waals surface area contributed by atoms with E-state index in [1.54, 1.807) is 0 Å². The van der Waals surface area contributed by atoms with Crippen LogP contribution in [-0.4, -0.2) is 21.9 Å². The number of aromatic nitrogens is 1. The fourth-order valence-corrected chi connectivity index (χ4v) is 3.01. The van der Waals surface area contributed by atoms with Gasteiger partial charge in [-0.15, -0.1) is 0 Å². The molecule has 2 rings (SSSR count). The lowest BCUT2D eigenvalue weighted by Crippen LogP contribution is -2.16. The highest BCUT2D eigenvalue weighted by Gasteiger charge is 2.15. The Morgan fingerprint density at radius 3 is 3.17 bits per heavy atom. The third-order valence-electron chi connectivity index (χ3n) is 1.80. The zero-order valence-corrected chi connectivity index (χ0v) is 8.25. The Bertz CT molecular complexity index is 255. The smallest absolute Gasteiger partial charge is 0.139 e. The van der Waals surface area contributed by atoms with Gasteiger partial charge in [-0.05, 0) is 23.7 Å². The second-order valence-electron chi connectivity index (χ2n) is 2.82. The van der Waals surface area contributed by atoms with Crippen LogP contribution in [0.3, 0.4) is 0 Å². The molecule has 0 radical (unpaired) electrons. The molecule has 12 heavy (non-hydrogen) atoms. The topological polar surface area (TPSA) is 50.9 Å². The molecule has 0 spiro atoms. The summed E-state index contributed by atoms with van der Waals surface area (Å²) in [6.45, 7) is 0. The van der Waals surface area contributed by atoms with Crippen molar-refractivity contribution in [3.05, 3.63) is 6.07 Å². The van der Waals surface area contributed by atoms with E-state index in [-0.39, 0.29) is 0 Å². The minimum absolute atomic E-state index is 0.619. The van der Waals surface area contributed by atoms with Crippen molar-refractivity contribution in [3.8, 4) is 0 Å². The summed E-state index contributed by atoms with van der Waals surface area (Å²) in [5.41, 5.74) is 5.51. The number of anilines is 2. The van der Waals surface area contributed by atoms with E-state index in [2.05, 4.69) is 9.69 Å². The summed E-state index contributed by atoms with van der Waals surface area (Å²) in [5, 5.41) is 4.51. The summed E-state index contributed by atoms with van der Waals surface area (Å²) >= 11 is 3.44. The van der Waals surface area contributed by atoms with Crippen molar-refractivity contribution in [3.63, 3.8) is 0 Å². The van der Waals surface area contributed by atoms with Crippen LogP contribution in [0.25, 0.3) is 0 Å². The molecule has 3 nitrogen and oxygen atoms in total. The predicted molar refractivity (Wildman–Crippen MR) is 55.9 cm³/mol. The van der Waals surface area contributed by atoms with Gasteiger partial charge in [0.2, 0.25) is 0 Å². The SMILES string of the molecule is Nc1cc(NC2CCSC2)sn1. The quantitative estimate of drug-likeness (QED) is 0.764.